The molecule has 0 rings (SSSR count). The number of carbonyl (C=O) groups is 1. The van der Waals surface area contributed by atoms with Crippen molar-refractivity contribution in [3.05, 3.63) is 24.3 Å². The summed E-state index contributed by atoms with van der Waals surface area (Å²) in [7, 11) is 0. The molecule has 0 bridgehead atoms. The van der Waals surface area contributed by atoms with Gasteiger partial charge in [-0.2, -0.15) is 0 Å². The lowest BCUT2D eigenvalue weighted by molar-refractivity contribution is -0.128. The van der Waals surface area contributed by atoms with Crippen LogP contribution in [0.5, 0.6) is 0 Å². The Kier molecular flexibility index (Phi) is 29.9. The van der Waals surface area contributed by atoms with Crippen LogP contribution < -0.4 is 5.73 Å². The molecule has 2 N–H and O–H groups in total. The molecule has 0 aliphatic carbocycles. The fourth-order valence-corrected chi connectivity index (χ4v) is 4.47. The second-order valence-electron chi connectivity index (χ2n) is 10.0. The van der Waals surface area contributed by atoms with E-state index in [-0.39, 0.29) is 0 Å². The molecule has 0 unspecified atom stereocenters. The summed E-state index contributed by atoms with van der Waals surface area (Å²) in [6.45, 7) is 7.63. The minimum absolute atomic E-state index is 0.547. The summed E-state index contributed by atoms with van der Waals surface area (Å²) in [5.74, 6) is 0. The number of ether oxygens (including phenoxy) is 1. The largest absolute Gasteiger partial charge is 0.468 e. The van der Waals surface area contributed by atoms with Crippen LogP contribution in [0.15, 0.2) is 24.3 Å². The standard InChI is InChI=1S/C31H60N2O2/c1-2-3-4-5-6-7-8-9-10-11-12-13-14-17-20-23-27-33(29-26-32)28-24-21-18-15-16-19-22-25-30-35-31-34/h6-7,9-10,31H,2-5,8,11-30,32H2,1H3/b7-6-,10-9-. The van der Waals surface area contributed by atoms with Crippen molar-refractivity contribution in [1.82, 2.24) is 4.90 Å². The Morgan fingerprint density at radius 3 is 1.60 bits per heavy atom. The van der Waals surface area contributed by atoms with E-state index in [1.165, 1.54) is 129 Å². The zero-order valence-electron chi connectivity index (χ0n) is 23.4. The van der Waals surface area contributed by atoms with Gasteiger partial charge in [0.1, 0.15) is 0 Å². The van der Waals surface area contributed by atoms with Gasteiger partial charge in [0.15, 0.2) is 0 Å². The smallest absolute Gasteiger partial charge is 0.293 e. The number of hydrogen-bond acceptors (Lipinski definition) is 4. The number of rotatable bonds is 29. The third-order valence-electron chi connectivity index (χ3n) is 6.67. The van der Waals surface area contributed by atoms with Gasteiger partial charge in [-0.15, -0.1) is 0 Å². The Bertz CT molecular complexity index is 465. The number of unbranched alkanes of at least 4 members (excludes halogenated alkanes) is 16. The molecule has 0 spiro atoms. The van der Waals surface area contributed by atoms with E-state index in [0.717, 1.165) is 25.9 Å². The molecule has 0 aliphatic heterocycles. The van der Waals surface area contributed by atoms with Crippen LogP contribution in [0.25, 0.3) is 0 Å². The molecule has 0 aromatic rings. The maximum atomic E-state index is 10.1. The minimum atomic E-state index is 0.547. The summed E-state index contributed by atoms with van der Waals surface area (Å²) in [6, 6.07) is 0. The van der Waals surface area contributed by atoms with Crippen molar-refractivity contribution >= 4 is 6.47 Å². The number of allylic oxidation sites excluding steroid dienone is 4. The van der Waals surface area contributed by atoms with Crippen molar-refractivity contribution in [2.45, 2.75) is 135 Å². The Labute approximate surface area is 219 Å². The van der Waals surface area contributed by atoms with E-state index < -0.39 is 0 Å². The van der Waals surface area contributed by atoms with Crippen LogP contribution in [0.2, 0.25) is 0 Å². The van der Waals surface area contributed by atoms with Gasteiger partial charge >= 0.3 is 0 Å². The maximum absolute atomic E-state index is 10.1. The van der Waals surface area contributed by atoms with Crippen molar-refractivity contribution in [3.63, 3.8) is 0 Å². The fourth-order valence-electron chi connectivity index (χ4n) is 4.47. The quantitative estimate of drug-likeness (QED) is 0.0647. The first-order chi connectivity index (χ1) is 17.3. The van der Waals surface area contributed by atoms with Gasteiger partial charge in [-0.3, -0.25) is 4.79 Å². The van der Waals surface area contributed by atoms with Crippen LogP contribution in [0.4, 0.5) is 0 Å². The van der Waals surface area contributed by atoms with E-state index in [0.29, 0.717) is 13.1 Å². The fraction of sp³-hybridized carbons (Fsp3) is 0.839. The molecular weight excluding hydrogens is 432 g/mol. The predicted octanol–water partition coefficient (Wildman–Crippen LogP) is 8.35. The molecule has 0 aliphatic rings. The van der Waals surface area contributed by atoms with Crippen LogP contribution in [0.1, 0.15) is 135 Å². The summed E-state index contributed by atoms with van der Waals surface area (Å²) in [5.41, 5.74) is 5.84. The lowest BCUT2D eigenvalue weighted by atomic mass is 10.1. The van der Waals surface area contributed by atoms with Gasteiger partial charge in [0, 0.05) is 13.1 Å². The Balaban J connectivity index is 3.47. The molecule has 4 nitrogen and oxygen atoms in total. The topological polar surface area (TPSA) is 55.6 Å². The number of hydrogen-bond donors (Lipinski definition) is 1. The Morgan fingerprint density at radius 1 is 0.600 bits per heavy atom. The average Bonchev–Trinajstić information content (AvgIpc) is 2.86. The molecule has 0 saturated carbocycles. The van der Waals surface area contributed by atoms with Crippen molar-refractivity contribution in [1.29, 1.82) is 0 Å². The molecule has 0 saturated heterocycles. The highest BCUT2D eigenvalue weighted by atomic mass is 16.5. The average molecular weight is 493 g/mol. The molecule has 0 aromatic carbocycles. The monoisotopic (exact) mass is 492 g/mol. The third kappa shape index (κ3) is 29.0. The van der Waals surface area contributed by atoms with Gasteiger partial charge < -0.3 is 15.4 Å². The molecule has 4 heteroatoms. The molecule has 0 aromatic heterocycles. The number of nitrogens with zero attached hydrogens (tertiary/aromatic N) is 1. The Hall–Kier alpha value is -1.13. The second kappa shape index (κ2) is 30.9. The van der Waals surface area contributed by atoms with Crippen LogP contribution in [-0.2, 0) is 9.53 Å². The van der Waals surface area contributed by atoms with Gasteiger partial charge in [0.05, 0.1) is 6.61 Å². The van der Waals surface area contributed by atoms with Crippen molar-refractivity contribution in [3.8, 4) is 0 Å². The Morgan fingerprint density at radius 2 is 1.09 bits per heavy atom. The second-order valence-corrected chi connectivity index (χ2v) is 10.0. The SMILES string of the molecule is CCCCC/C=C\C/C=C\CCCCCCCCN(CCN)CCCCCCCCCCOC=O. The zero-order valence-corrected chi connectivity index (χ0v) is 23.4. The van der Waals surface area contributed by atoms with Crippen molar-refractivity contribution < 1.29 is 9.53 Å². The van der Waals surface area contributed by atoms with Crippen LogP contribution in [0, 0.1) is 0 Å². The lowest BCUT2D eigenvalue weighted by Crippen LogP contribution is -2.31. The molecule has 0 amide bonds. The van der Waals surface area contributed by atoms with E-state index in [1.807, 2.05) is 0 Å². The van der Waals surface area contributed by atoms with Crippen LogP contribution in [0.3, 0.4) is 0 Å². The summed E-state index contributed by atoms with van der Waals surface area (Å²) in [5, 5.41) is 0. The third-order valence-corrected chi connectivity index (χ3v) is 6.67. The number of carbonyl (C=O) groups excluding carboxylic acids is 1. The number of nitrogens with two attached hydrogens (primary N) is 1. The van der Waals surface area contributed by atoms with Gasteiger partial charge in [0.2, 0.25) is 0 Å². The lowest BCUT2D eigenvalue weighted by Gasteiger charge is -2.21. The first-order valence-corrected chi connectivity index (χ1v) is 15.1. The molecule has 0 heterocycles. The van der Waals surface area contributed by atoms with Crippen molar-refractivity contribution in [2.24, 2.45) is 5.73 Å². The highest BCUT2D eigenvalue weighted by Crippen LogP contribution is 2.11. The van der Waals surface area contributed by atoms with Gasteiger partial charge in [0.25, 0.3) is 6.47 Å². The first-order valence-electron chi connectivity index (χ1n) is 15.1. The highest BCUT2D eigenvalue weighted by molar-refractivity contribution is 5.36. The van der Waals surface area contributed by atoms with Crippen LogP contribution >= 0.6 is 0 Å². The molecule has 0 fully saturated rings. The summed E-state index contributed by atoms with van der Waals surface area (Å²) in [4.78, 5) is 12.7. The van der Waals surface area contributed by atoms with Gasteiger partial charge in [-0.1, -0.05) is 108 Å². The predicted molar refractivity (Wildman–Crippen MR) is 154 cm³/mol. The summed E-state index contributed by atoms with van der Waals surface area (Å²) < 4.78 is 4.72. The van der Waals surface area contributed by atoms with Gasteiger partial charge in [-0.25, -0.2) is 0 Å². The zero-order chi connectivity index (χ0) is 25.5. The van der Waals surface area contributed by atoms with E-state index in [2.05, 4.69) is 36.1 Å². The van der Waals surface area contributed by atoms with E-state index >= 15 is 0 Å². The minimum Gasteiger partial charge on any atom is -0.468 e. The van der Waals surface area contributed by atoms with Crippen molar-refractivity contribution in [2.75, 3.05) is 32.8 Å². The molecule has 0 radical (unpaired) electrons. The van der Waals surface area contributed by atoms with Gasteiger partial charge in [-0.05, 0) is 64.5 Å². The molecule has 0 atom stereocenters. The molecule has 206 valence electrons. The summed E-state index contributed by atoms with van der Waals surface area (Å²) in [6.07, 6.45) is 35.1. The maximum Gasteiger partial charge on any atom is 0.293 e. The summed E-state index contributed by atoms with van der Waals surface area (Å²) >= 11 is 0. The highest BCUT2D eigenvalue weighted by Gasteiger charge is 2.03. The van der Waals surface area contributed by atoms with E-state index in [4.69, 9.17) is 10.5 Å². The van der Waals surface area contributed by atoms with Crippen LogP contribution in [-0.4, -0.2) is 44.2 Å². The van der Waals surface area contributed by atoms with E-state index in [1.54, 1.807) is 0 Å². The first kappa shape index (κ1) is 33.9. The normalized spacial score (nSPS) is 11.9. The molecule has 35 heavy (non-hydrogen) atoms. The van der Waals surface area contributed by atoms with E-state index in [9.17, 15) is 4.79 Å². The molecular formula is C31H60N2O2.